The van der Waals surface area contributed by atoms with Gasteiger partial charge in [-0.15, -0.1) is 0 Å². The van der Waals surface area contributed by atoms with E-state index in [-0.39, 0.29) is 16.1 Å². The number of rotatable bonds is 7. The summed E-state index contributed by atoms with van der Waals surface area (Å²) < 4.78 is 106. The lowest BCUT2D eigenvalue weighted by Crippen LogP contribution is -2.22. The molecule has 0 saturated heterocycles. The molecular weight excluding hydrogens is 578 g/mol. The molecule has 4 rings (SSSR count). The highest BCUT2D eigenvalue weighted by Gasteiger charge is 2.38. The molecule has 2 unspecified atom stereocenters. The molecule has 0 aliphatic carbocycles. The van der Waals surface area contributed by atoms with Gasteiger partial charge < -0.3 is 21.1 Å². The Morgan fingerprint density at radius 1 is 1.02 bits per heavy atom. The summed E-state index contributed by atoms with van der Waals surface area (Å²) >= 11 is 6.16. The number of anilines is 2. The van der Waals surface area contributed by atoms with Crippen molar-refractivity contribution in [3.05, 3.63) is 86.9 Å². The van der Waals surface area contributed by atoms with Crippen LogP contribution in [0.2, 0.25) is 5.02 Å². The fourth-order valence-electron chi connectivity index (χ4n) is 4.14. The Kier molecular flexibility index (Phi) is 7.83. The van der Waals surface area contributed by atoms with E-state index in [1.165, 1.54) is 0 Å². The number of hydrogen-bond donors (Lipinski definition) is 4. The fraction of sp³-hybridized carbons (Fsp3) is 0.200. The number of phenolic OH excluding ortho intramolecular Hbond substituents is 1. The first kappa shape index (κ1) is 28.9. The van der Waals surface area contributed by atoms with Gasteiger partial charge in [-0.1, -0.05) is 11.6 Å². The maximum atomic E-state index is 14.1. The average molecular weight is 594 g/mol. The van der Waals surface area contributed by atoms with Crippen LogP contribution in [0.15, 0.2) is 42.5 Å². The lowest BCUT2D eigenvalue weighted by molar-refractivity contribution is -0.115. The van der Waals surface area contributed by atoms with Crippen LogP contribution in [0.3, 0.4) is 0 Å². The van der Waals surface area contributed by atoms with Gasteiger partial charge in [0.05, 0.1) is 17.3 Å². The molecule has 1 aliphatic rings. The van der Waals surface area contributed by atoms with Crippen LogP contribution < -0.4 is 16.0 Å². The number of benzene rings is 3. The molecule has 1 aliphatic heterocycles. The van der Waals surface area contributed by atoms with Crippen molar-refractivity contribution < 1.29 is 49.8 Å². The second-order valence-electron chi connectivity index (χ2n) is 8.61. The summed E-state index contributed by atoms with van der Waals surface area (Å²) in [4.78, 5) is 25.9. The zero-order chi connectivity index (χ0) is 29.5. The number of carbonyl (C=O) groups excluding carboxylic acids is 2. The predicted octanol–water partition coefficient (Wildman–Crippen LogP) is 6.66. The number of fused-ring (bicyclic) bond motifs is 1. The molecule has 0 bridgehead atoms. The highest BCUT2D eigenvalue weighted by atomic mass is 35.5. The number of aromatic hydroxyl groups is 1. The minimum Gasteiger partial charge on any atom is -0.505 e. The molecule has 0 radical (unpaired) electrons. The normalized spacial score (nSPS) is 15.6. The Hall–Kier alpha value is -4.07. The van der Waals surface area contributed by atoms with Crippen LogP contribution in [0.5, 0.6) is 5.75 Å². The fourth-order valence-corrected chi connectivity index (χ4v) is 4.36. The maximum absolute atomic E-state index is 14.1. The molecule has 0 fully saturated rings. The third kappa shape index (κ3) is 5.91. The zero-order valence-electron chi connectivity index (χ0n) is 19.6. The lowest BCUT2D eigenvalue weighted by Gasteiger charge is -2.20. The molecule has 212 valence electrons. The molecule has 4 N–H and O–H groups in total. The summed E-state index contributed by atoms with van der Waals surface area (Å²) in [6, 6.07) is 4.27. The Morgan fingerprint density at radius 3 is 2.38 bits per heavy atom. The van der Waals surface area contributed by atoms with Gasteiger partial charge in [0.25, 0.3) is 18.2 Å². The van der Waals surface area contributed by atoms with E-state index in [1.54, 1.807) is 0 Å². The number of carbonyl (C=O) groups is 2. The van der Waals surface area contributed by atoms with E-state index in [1.807, 2.05) is 5.32 Å². The number of amides is 2. The van der Waals surface area contributed by atoms with Crippen LogP contribution in [-0.2, 0) is 0 Å². The second-order valence-corrected chi connectivity index (χ2v) is 9.02. The molecule has 0 aromatic heterocycles. The Balaban J connectivity index is 1.85. The summed E-state index contributed by atoms with van der Waals surface area (Å²) in [6.07, 6.45) is -11.2. The molecule has 0 spiro atoms. The summed E-state index contributed by atoms with van der Waals surface area (Å²) in [5.41, 5.74) is -3.45. The molecule has 2 atom stereocenters. The molecule has 6 nitrogen and oxygen atoms in total. The summed E-state index contributed by atoms with van der Waals surface area (Å²) in [5, 5.41) is 17.1. The first-order chi connectivity index (χ1) is 18.7. The van der Waals surface area contributed by atoms with Crippen LogP contribution >= 0.6 is 11.6 Å². The summed E-state index contributed by atoms with van der Waals surface area (Å²) in [7, 11) is 0. The van der Waals surface area contributed by atoms with Gasteiger partial charge >= 0.3 is 6.18 Å². The quantitative estimate of drug-likeness (QED) is 0.140. The van der Waals surface area contributed by atoms with Gasteiger partial charge in [0.1, 0.15) is 18.2 Å². The van der Waals surface area contributed by atoms with Crippen molar-refractivity contribution >= 4 is 34.8 Å². The molecule has 2 amide bonds. The second kappa shape index (κ2) is 10.8. The summed E-state index contributed by atoms with van der Waals surface area (Å²) in [6.45, 7) is -1.66. The largest absolute Gasteiger partial charge is 0.505 e. The van der Waals surface area contributed by atoms with Gasteiger partial charge in [-0.05, 0) is 48.0 Å². The van der Waals surface area contributed by atoms with Crippen molar-refractivity contribution in [1.29, 1.82) is 0 Å². The van der Waals surface area contributed by atoms with Crippen LogP contribution in [-0.4, -0.2) is 36.1 Å². The predicted molar refractivity (Wildman–Crippen MR) is 128 cm³/mol. The monoisotopic (exact) mass is 593 g/mol. The third-order valence-corrected chi connectivity index (χ3v) is 6.19. The number of phenols is 1. The molecule has 0 saturated carbocycles. The van der Waals surface area contributed by atoms with Gasteiger partial charge in [0.15, 0.2) is 11.9 Å². The van der Waals surface area contributed by atoms with Gasteiger partial charge in [0.2, 0.25) is 0 Å². The minimum atomic E-state index is -4.76. The Labute approximate surface area is 224 Å². The summed E-state index contributed by atoms with van der Waals surface area (Å²) in [5.74, 6) is -5.22. The maximum Gasteiger partial charge on any atom is 0.405 e. The van der Waals surface area contributed by atoms with Crippen LogP contribution in [0, 0.1) is 11.6 Å². The van der Waals surface area contributed by atoms with Crippen molar-refractivity contribution in [1.82, 2.24) is 5.32 Å². The van der Waals surface area contributed by atoms with E-state index in [2.05, 4.69) is 10.6 Å². The van der Waals surface area contributed by atoms with Crippen molar-refractivity contribution in [2.24, 2.45) is 0 Å². The zero-order valence-corrected chi connectivity index (χ0v) is 20.4. The van der Waals surface area contributed by atoms with Gasteiger partial charge in [-0.3, -0.25) is 9.59 Å². The number of hydrogen-bond acceptors (Lipinski definition) is 4. The van der Waals surface area contributed by atoms with Crippen molar-refractivity contribution in [2.75, 3.05) is 17.2 Å². The van der Waals surface area contributed by atoms with Gasteiger partial charge in [0, 0.05) is 27.4 Å². The van der Waals surface area contributed by atoms with Crippen molar-refractivity contribution in [3.63, 3.8) is 0 Å². The van der Waals surface area contributed by atoms with E-state index >= 15 is 0 Å². The van der Waals surface area contributed by atoms with Crippen LogP contribution in [0.4, 0.5) is 46.5 Å². The Morgan fingerprint density at radius 2 is 1.73 bits per heavy atom. The number of nitrogens with one attached hydrogen (secondary N) is 3. The Bertz CT molecular complexity index is 1500. The lowest BCUT2D eigenvalue weighted by atomic mass is 9.94. The van der Waals surface area contributed by atoms with Crippen molar-refractivity contribution in [2.45, 2.75) is 24.8 Å². The highest BCUT2D eigenvalue weighted by molar-refractivity contribution is 6.31. The highest BCUT2D eigenvalue weighted by Crippen LogP contribution is 2.46. The van der Waals surface area contributed by atoms with Crippen LogP contribution in [0.25, 0.3) is 0 Å². The van der Waals surface area contributed by atoms with E-state index in [0.29, 0.717) is 18.2 Å². The van der Waals surface area contributed by atoms with E-state index in [4.69, 9.17) is 11.6 Å². The first-order valence-electron chi connectivity index (χ1n) is 11.2. The number of alkyl halides is 6. The van der Waals surface area contributed by atoms with Gasteiger partial charge in [-0.2, -0.15) is 13.2 Å². The van der Waals surface area contributed by atoms with E-state index < -0.39 is 88.6 Å². The SMILES string of the molecule is O=C(Nc1cc(NCC(F)(F)F)c(O)c2c1C(c1cc(F)ccc1Cl)NC2=O)c1cc(F)cc(C(F)C(F)F)c1. The molecule has 3 aromatic rings. The third-order valence-electron chi connectivity index (χ3n) is 5.85. The molecule has 15 heteroatoms. The van der Waals surface area contributed by atoms with Crippen molar-refractivity contribution in [3.8, 4) is 5.75 Å². The standard InChI is InChI=1S/C25H16ClF8N3O3/c26-14-2-1-11(27)6-13(14)20-17-15(7-16(35-8-25(32,33)34)21(38)18(17)24(40)37-20)36-23(39)10-3-9(4-12(28)5-10)19(29)22(30)31/h1-7,19-20,22,35,38H,8H2,(H,36,39)(H,37,40). The molecule has 40 heavy (non-hydrogen) atoms. The average Bonchev–Trinajstić information content (AvgIpc) is 3.22. The number of halogens is 9. The van der Waals surface area contributed by atoms with Gasteiger partial charge in [-0.25, -0.2) is 22.0 Å². The van der Waals surface area contributed by atoms with E-state index in [9.17, 15) is 49.8 Å². The molecule has 1 heterocycles. The molecular formula is C25H16ClF8N3O3. The smallest absolute Gasteiger partial charge is 0.405 e. The topological polar surface area (TPSA) is 90.5 Å². The minimum absolute atomic E-state index is 0.0510. The van der Waals surface area contributed by atoms with Crippen LogP contribution in [0.1, 0.15) is 49.6 Å². The van der Waals surface area contributed by atoms with E-state index in [0.717, 1.165) is 24.3 Å². The molecule has 3 aromatic carbocycles. The first-order valence-corrected chi connectivity index (χ1v) is 11.5.